The highest BCUT2D eigenvalue weighted by Crippen LogP contribution is 2.44. The van der Waals surface area contributed by atoms with Crippen molar-refractivity contribution in [3.8, 4) is 17.6 Å². The first kappa shape index (κ1) is 22.4. The number of H-pyrrole nitrogens is 1. The minimum atomic E-state index is -0.586. The number of aliphatic hydroxyl groups is 1. The van der Waals surface area contributed by atoms with E-state index in [-0.39, 0.29) is 24.6 Å². The maximum Gasteiger partial charge on any atom is 0.293 e. The molecule has 0 bridgehead atoms. The molecule has 1 aromatic heterocycles. The van der Waals surface area contributed by atoms with E-state index in [4.69, 9.17) is 4.74 Å². The zero-order valence-electron chi connectivity index (χ0n) is 18.7. The minimum absolute atomic E-state index is 0.129. The van der Waals surface area contributed by atoms with Gasteiger partial charge < -0.3 is 25.3 Å². The maximum atomic E-state index is 11.6. The van der Waals surface area contributed by atoms with Crippen molar-refractivity contribution in [2.24, 2.45) is 11.8 Å². The predicted molar refractivity (Wildman–Crippen MR) is 127 cm³/mol. The van der Waals surface area contributed by atoms with Gasteiger partial charge in [-0.25, -0.2) is 4.98 Å². The van der Waals surface area contributed by atoms with Crippen LogP contribution in [0.5, 0.6) is 5.75 Å². The van der Waals surface area contributed by atoms with Crippen LogP contribution in [0.1, 0.15) is 33.9 Å². The number of aromatic amines is 1. The first-order valence-corrected chi connectivity index (χ1v) is 11.5. The molecule has 5 rings (SSSR count). The highest BCUT2D eigenvalue weighted by atomic mass is 16.5. The summed E-state index contributed by atoms with van der Waals surface area (Å²) in [7, 11) is 0. The largest absolute Gasteiger partial charge is 0.502 e. The number of hydrogen-bond donors (Lipinski definition) is 4. The standard InChI is InChI=1S/C27H27N3O4/c31-13-21(11-24-26(32)27(33)30-16-29-24)20-9-7-18(8-10-20)2-1-17-3-5-19(6-4-17)12-28-25-22-14-34-15-23(22)25/h3-10,16,21-23,25,28,31-32H,11-15H2,(H,29,30,33). The predicted octanol–water partition coefficient (Wildman–Crippen LogP) is 1.93. The monoisotopic (exact) mass is 457 g/mol. The van der Waals surface area contributed by atoms with Crippen LogP contribution >= 0.6 is 0 Å². The quantitative estimate of drug-likeness (QED) is 0.404. The van der Waals surface area contributed by atoms with Gasteiger partial charge in [-0.1, -0.05) is 36.1 Å². The fraction of sp³-hybridized carbons (Fsp3) is 0.333. The van der Waals surface area contributed by atoms with E-state index in [0.717, 1.165) is 36.4 Å². The molecule has 3 atom stereocenters. The zero-order valence-corrected chi connectivity index (χ0v) is 18.7. The SMILES string of the molecule is O=c1[nH]cnc(CC(CO)c2ccc(C#Cc3ccc(CNC4C5COCC54)cc3)cc2)c1O. The molecule has 1 aliphatic heterocycles. The molecule has 1 aliphatic carbocycles. The van der Waals surface area contributed by atoms with Gasteiger partial charge in [0, 0.05) is 47.9 Å². The zero-order chi connectivity index (χ0) is 23.5. The first-order valence-electron chi connectivity index (χ1n) is 11.5. The van der Waals surface area contributed by atoms with Crippen molar-refractivity contribution in [3.63, 3.8) is 0 Å². The summed E-state index contributed by atoms with van der Waals surface area (Å²) in [6.07, 6.45) is 1.51. The number of rotatable bonds is 7. The van der Waals surface area contributed by atoms with E-state index in [1.165, 1.54) is 11.9 Å². The van der Waals surface area contributed by atoms with Gasteiger partial charge in [-0.05, 0) is 35.4 Å². The second-order valence-corrected chi connectivity index (χ2v) is 8.95. The lowest BCUT2D eigenvalue weighted by Crippen LogP contribution is -2.22. The Bertz CT molecular complexity index is 1250. The number of aromatic hydroxyl groups is 1. The van der Waals surface area contributed by atoms with E-state index in [2.05, 4.69) is 39.3 Å². The van der Waals surface area contributed by atoms with Crippen LogP contribution in [0.4, 0.5) is 0 Å². The third-order valence-corrected chi connectivity index (χ3v) is 6.75. The molecule has 3 unspecified atom stereocenters. The highest BCUT2D eigenvalue weighted by molar-refractivity contribution is 5.44. The molecule has 0 radical (unpaired) electrons. The van der Waals surface area contributed by atoms with Gasteiger partial charge in [0.1, 0.15) is 0 Å². The minimum Gasteiger partial charge on any atom is -0.502 e. The van der Waals surface area contributed by atoms with Crippen molar-refractivity contribution >= 4 is 0 Å². The fourth-order valence-electron chi connectivity index (χ4n) is 4.57. The van der Waals surface area contributed by atoms with Gasteiger partial charge >= 0.3 is 0 Å². The molecular weight excluding hydrogens is 430 g/mol. The van der Waals surface area contributed by atoms with Crippen LogP contribution in [0.15, 0.2) is 59.7 Å². The highest BCUT2D eigenvalue weighted by Gasteiger charge is 2.53. The summed E-state index contributed by atoms with van der Waals surface area (Å²) in [6, 6.07) is 16.5. The van der Waals surface area contributed by atoms with Crippen LogP contribution in [0.2, 0.25) is 0 Å². The smallest absolute Gasteiger partial charge is 0.293 e. The van der Waals surface area contributed by atoms with E-state index in [1.807, 2.05) is 36.4 Å². The second-order valence-electron chi connectivity index (χ2n) is 8.95. The summed E-state index contributed by atoms with van der Waals surface area (Å²) in [5.74, 6) is 7.09. The average Bonchev–Trinajstić information content (AvgIpc) is 3.29. The molecule has 0 spiro atoms. The summed E-state index contributed by atoms with van der Waals surface area (Å²) < 4.78 is 5.43. The molecule has 0 amide bonds. The van der Waals surface area contributed by atoms with Gasteiger partial charge in [0.05, 0.1) is 31.8 Å². The third-order valence-electron chi connectivity index (χ3n) is 6.75. The van der Waals surface area contributed by atoms with Crippen LogP contribution in [-0.2, 0) is 17.7 Å². The Morgan fingerprint density at radius 2 is 1.71 bits per heavy atom. The van der Waals surface area contributed by atoms with E-state index >= 15 is 0 Å². The molecular formula is C27H27N3O4. The van der Waals surface area contributed by atoms with Gasteiger partial charge in [0.2, 0.25) is 5.75 Å². The topological polar surface area (TPSA) is 107 Å². The van der Waals surface area contributed by atoms with Crippen molar-refractivity contribution in [1.82, 2.24) is 15.3 Å². The van der Waals surface area contributed by atoms with Crippen LogP contribution in [0.25, 0.3) is 0 Å². The van der Waals surface area contributed by atoms with Gasteiger partial charge in [0.15, 0.2) is 0 Å². The maximum absolute atomic E-state index is 11.6. The Labute approximate surface area is 197 Å². The fourth-order valence-corrected chi connectivity index (χ4v) is 4.57. The average molecular weight is 458 g/mol. The molecule has 2 heterocycles. The molecule has 2 fully saturated rings. The summed E-state index contributed by atoms with van der Waals surface area (Å²) >= 11 is 0. The van der Waals surface area contributed by atoms with Gasteiger partial charge in [0.25, 0.3) is 5.56 Å². The van der Waals surface area contributed by atoms with Crippen LogP contribution in [-0.4, -0.2) is 46.0 Å². The van der Waals surface area contributed by atoms with Gasteiger partial charge in [-0.3, -0.25) is 4.79 Å². The van der Waals surface area contributed by atoms with Crippen molar-refractivity contribution < 1.29 is 14.9 Å². The number of hydrogen-bond acceptors (Lipinski definition) is 6. The Hall–Kier alpha value is -3.44. The van der Waals surface area contributed by atoms with Crippen LogP contribution in [0.3, 0.4) is 0 Å². The van der Waals surface area contributed by atoms with E-state index in [9.17, 15) is 15.0 Å². The molecule has 4 N–H and O–H groups in total. The van der Waals surface area contributed by atoms with Crippen molar-refractivity contribution in [2.75, 3.05) is 19.8 Å². The summed E-state index contributed by atoms with van der Waals surface area (Å²) in [4.78, 5) is 17.9. The van der Waals surface area contributed by atoms with E-state index in [0.29, 0.717) is 17.9 Å². The number of nitrogens with one attached hydrogen (secondary N) is 2. The van der Waals surface area contributed by atoms with Crippen LogP contribution < -0.4 is 10.9 Å². The number of benzene rings is 2. The molecule has 174 valence electrons. The summed E-state index contributed by atoms with van der Waals surface area (Å²) in [5.41, 5.74) is 3.63. The normalized spacial score (nSPS) is 21.4. The lowest BCUT2D eigenvalue weighted by atomic mass is 9.94. The molecule has 34 heavy (non-hydrogen) atoms. The molecule has 1 saturated heterocycles. The molecule has 1 saturated carbocycles. The Morgan fingerprint density at radius 1 is 1.06 bits per heavy atom. The number of ether oxygens (including phenoxy) is 1. The number of aromatic nitrogens is 2. The Balaban J connectivity index is 1.18. The summed E-state index contributed by atoms with van der Waals surface area (Å²) in [5, 5.41) is 23.4. The van der Waals surface area contributed by atoms with E-state index in [1.54, 1.807) is 0 Å². The lowest BCUT2D eigenvalue weighted by Gasteiger charge is -2.14. The number of fused-ring (bicyclic) bond motifs is 1. The molecule has 2 aromatic carbocycles. The Morgan fingerprint density at radius 3 is 2.35 bits per heavy atom. The second kappa shape index (κ2) is 9.82. The van der Waals surface area contributed by atoms with Gasteiger partial charge in [-0.2, -0.15) is 0 Å². The molecule has 7 nitrogen and oxygen atoms in total. The van der Waals surface area contributed by atoms with Crippen molar-refractivity contribution in [2.45, 2.75) is 24.9 Å². The first-order chi connectivity index (χ1) is 16.6. The van der Waals surface area contributed by atoms with E-state index < -0.39 is 11.3 Å². The number of aliphatic hydroxyl groups excluding tert-OH is 1. The lowest BCUT2D eigenvalue weighted by molar-refractivity contribution is 0.156. The molecule has 2 aliphatic rings. The van der Waals surface area contributed by atoms with Gasteiger partial charge in [-0.15, -0.1) is 0 Å². The Kier molecular flexibility index (Phi) is 6.45. The number of nitrogens with zero attached hydrogens (tertiary/aromatic N) is 1. The molecule has 3 aromatic rings. The van der Waals surface area contributed by atoms with Crippen molar-refractivity contribution in [1.29, 1.82) is 0 Å². The van der Waals surface area contributed by atoms with Crippen LogP contribution in [0, 0.1) is 23.7 Å². The summed E-state index contributed by atoms with van der Waals surface area (Å²) in [6.45, 7) is 2.53. The third kappa shape index (κ3) is 4.90. The molecule has 7 heteroatoms. The van der Waals surface area contributed by atoms with Crippen molar-refractivity contribution in [3.05, 3.63) is 93.2 Å².